The lowest BCUT2D eigenvalue weighted by atomic mass is 10.2. The van der Waals surface area contributed by atoms with Crippen LogP contribution >= 0.6 is 15.9 Å². The lowest BCUT2D eigenvalue weighted by Gasteiger charge is -2.08. The largest absolute Gasteiger partial charge is 0.494 e. The highest BCUT2D eigenvalue weighted by Crippen LogP contribution is 2.37. The van der Waals surface area contributed by atoms with Crippen LogP contribution in [0.5, 0.6) is 11.8 Å². The van der Waals surface area contributed by atoms with E-state index in [0.29, 0.717) is 10.8 Å². The molecule has 1 aromatic heterocycles. The molecule has 0 spiro atoms. The highest BCUT2D eigenvalue weighted by molar-refractivity contribution is 9.10. The van der Waals surface area contributed by atoms with Gasteiger partial charge < -0.3 is 10.2 Å². The van der Waals surface area contributed by atoms with Crippen LogP contribution in [0.25, 0.3) is 10.8 Å². The molecule has 12 heteroatoms. The highest BCUT2D eigenvalue weighted by Gasteiger charge is 2.21. The second kappa shape index (κ2) is 9.31. The first-order valence-electron chi connectivity index (χ1n) is 10.00. The Labute approximate surface area is 207 Å². The van der Waals surface area contributed by atoms with Crippen molar-refractivity contribution in [2.24, 2.45) is 9.39 Å². The number of aromatic nitrogens is 1. The van der Waals surface area contributed by atoms with Gasteiger partial charge in [-0.2, -0.15) is 12.8 Å². The summed E-state index contributed by atoms with van der Waals surface area (Å²) in [5, 5.41) is 33.2. The number of aryl methyl sites for hydroxylation is 1. The molecule has 0 aliphatic heterocycles. The SMILES string of the molecule is Cc1ccc(S(=O)(=O)/N=C/C(=Nc2ccc([N+](=O)[O-])cc2Br)n2c(O)c3ccccc3c2O)cc1. The summed E-state index contributed by atoms with van der Waals surface area (Å²) in [6.45, 7) is 1.81. The molecule has 1 heterocycles. The molecule has 0 aliphatic carbocycles. The number of nitro benzene ring substituents is 1. The molecule has 0 saturated carbocycles. The Bertz CT molecular complexity index is 1590. The molecule has 10 nitrogen and oxygen atoms in total. The van der Waals surface area contributed by atoms with E-state index in [2.05, 4.69) is 25.3 Å². The average molecular weight is 557 g/mol. The standard InChI is InChI=1S/C23H17BrN4O6S/c1-14-6-9-16(10-7-14)35(33,34)25-13-21(26-20-11-8-15(28(31)32)12-19(20)24)27-22(29)17-4-2-3-5-18(17)23(27)30/h2-13,29-30H,1H3/b25-13+,26-21?. The molecule has 4 rings (SSSR count). The van der Waals surface area contributed by atoms with Crippen molar-refractivity contribution in [2.45, 2.75) is 11.8 Å². The van der Waals surface area contributed by atoms with Crippen LogP contribution in [-0.2, 0) is 10.0 Å². The molecule has 2 N–H and O–H groups in total. The summed E-state index contributed by atoms with van der Waals surface area (Å²) in [5.41, 5.74) is 0.846. The summed E-state index contributed by atoms with van der Waals surface area (Å²) >= 11 is 3.21. The molecule has 35 heavy (non-hydrogen) atoms. The molecule has 0 fully saturated rings. The van der Waals surface area contributed by atoms with Crippen LogP contribution in [-0.4, -0.2) is 40.2 Å². The predicted molar refractivity (Wildman–Crippen MR) is 135 cm³/mol. The minimum Gasteiger partial charge on any atom is -0.494 e. The molecule has 0 saturated heterocycles. The van der Waals surface area contributed by atoms with Gasteiger partial charge in [-0.05, 0) is 53.2 Å². The van der Waals surface area contributed by atoms with Crippen LogP contribution in [0, 0.1) is 17.0 Å². The van der Waals surface area contributed by atoms with E-state index in [1.807, 2.05) is 6.92 Å². The Morgan fingerprint density at radius 3 is 2.17 bits per heavy atom. The zero-order chi connectivity index (χ0) is 25.3. The van der Waals surface area contributed by atoms with Crippen LogP contribution < -0.4 is 0 Å². The second-order valence-corrected chi connectivity index (χ2v) is 9.90. The van der Waals surface area contributed by atoms with E-state index < -0.39 is 26.7 Å². The number of nitro groups is 1. The first-order chi connectivity index (χ1) is 16.6. The summed E-state index contributed by atoms with van der Waals surface area (Å²) in [6, 6.07) is 16.3. The third kappa shape index (κ3) is 4.79. The Morgan fingerprint density at radius 2 is 1.63 bits per heavy atom. The van der Waals surface area contributed by atoms with Crippen molar-refractivity contribution in [1.82, 2.24) is 4.57 Å². The van der Waals surface area contributed by atoms with Gasteiger partial charge in [-0.3, -0.25) is 10.1 Å². The monoisotopic (exact) mass is 556 g/mol. The first-order valence-corrected chi connectivity index (χ1v) is 12.2. The lowest BCUT2D eigenvalue weighted by molar-refractivity contribution is -0.384. The van der Waals surface area contributed by atoms with Crippen LogP contribution in [0.3, 0.4) is 0 Å². The van der Waals surface area contributed by atoms with Gasteiger partial charge in [-0.15, -0.1) is 0 Å². The molecule has 0 atom stereocenters. The quantitative estimate of drug-likeness (QED) is 0.152. The Morgan fingerprint density at radius 1 is 1.03 bits per heavy atom. The number of rotatable bonds is 5. The molecule has 0 radical (unpaired) electrons. The van der Waals surface area contributed by atoms with E-state index in [1.54, 1.807) is 36.4 Å². The summed E-state index contributed by atoms with van der Waals surface area (Å²) in [4.78, 5) is 14.8. The molecule has 4 aromatic rings. The van der Waals surface area contributed by atoms with E-state index in [9.17, 15) is 28.7 Å². The molecular formula is C23H17BrN4O6S. The van der Waals surface area contributed by atoms with E-state index in [0.717, 1.165) is 16.3 Å². The van der Waals surface area contributed by atoms with Gasteiger partial charge in [0.15, 0.2) is 5.84 Å². The number of hydrogen-bond donors (Lipinski definition) is 2. The maximum absolute atomic E-state index is 12.8. The van der Waals surface area contributed by atoms with Gasteiger partial charge in [0.2, 0.25) is 11.8 Å². The van der Waals surface area contributed by atoms with E-state index in [-0.39, 0.29) is 26.6 Å². The zero-order valence-corrected chi connectivity index (χ0v) is 20.4. The highest BCUT2D eigenvalue weighted by atomic mass is 79.9. The third-order valence-corrected chi connectivity index (χ3v) is 6.95. The molecule has 0 amide bonds. The second-order valence-electron chi connectivity index (χ2n) is 7.41. The van der Waals surface area contributed by atoms with Crippen molar-refractivity contribution >= 4 is 60.2 Å². The average Bonchev–Trinajstić information content (AvgIpc) is 3.08. The Hall–Kier alpha value is -4.03. The van der Waals surface area contributed by atoms with Gasteiger partial charge in [0.25, 0.3) is 15.7 Å². The van der Waals surface area contributed by atoms with Crippen LogP contribution in [0.15, 0.2) is 85.5 Å². The van der Waals surface area contributed by atoms with E-state index in [1.165, 1.54) is 30.3 Å². The fourth-order valence-corrected chi connectivity index (χ4v) is 4.57. The Kier molecular flexibility index (Phi) is 6.41. The molecule has 3 aromatic carbocycles. The molecule has 0 bridgehead atoms. The minimum absolute atomic E-state index is 0.0543. The number of aliphatic imine (C=N–C) groups is 1. The maximum Gasteiger partial charge on any atom is 0.282 e. The zero-order valence-electron chi connectivity index (χ0n) is 18.0. The van der Waals surface area contributed by atoms with Gasteiger partial charge in [0.05, 0.1) is 26.2 Å². The van der Waals surface area contributed by atoms with Crippen molar-refractivity contribution in [3.63, 3.8) is 0 Å². The number of non-ortho nitro benzene ring substituents is 1. The molecule has 0 aliphatic rings. The van der Waals surface area contributed by atoms with Gasteiger partial charge in [0.1, 0.15) is 0 Å². The fraction of sp³-hybridized carbons (Fsp3) is 0.0435. The molecule has 0 unspecified atom stereocenters. The number of halogens is 1. The van der Waals surface area contributed by atoms with Crippen LogP contribution in [0.4, 0.5) is 11.4 Å². The van der Waals surface area contributed by atoms with Crippen molar-refractivity contribution in [3.05, 3.63) is 86.9 Å². The van der Waals surface area contributed by atoms with Gasteiger partial charge in [0, 0.05) is 22.9 Å². The number of benzene rings is 3. The van der Waals surface area contributed by atoms with Gasteiger partial charge in [-0.25, -0.2) is 9.56 Å². The lowest BCUT2D eigenvalue weighted by Crippen LogP contribution is -2.14. The summed E-state index contributed by atoms with van der Waals surface area (Å²) in [7, 11) is -4.15. The Balaban J connectivity index is 1.90. The van der Waals surface area contributed by atoms with Crippen LogP contribution in [0.1, 0.15) is 5.56 Å². The van der Waals surface area contributed by atoms with Crippen molar-refractivity contribution in [1.29, 1.82) is 0 Å². The molecular weight excluding hydrogens is 540 g/mol. The molecule has 178 valence electrons. The minimum atomic E-state index is -4.15. The first kappa shape index (κ1) is 24.1. The van der Waals surface area contributed by atoms with E-state index >= 15 is 0 Å². The van der Waals surface area contributed by atoms with E-state index in [4.69, 9.17) is 0 Å². The topological polar surface area (TPSA) is 147 Å². The number of sulfonamides is 1. The van der Waals surface area contributed by atoms with Crippen molar-refractivity contribution in [3.8, 4) is 11.8 Å². The van der Waals surface area contributed by atoms with Gasteiger partial charge >= 0.3 is 0 Å². The number of aromatic hydroxyl groups is 2. The summed E-state index contributed by atoms with van der Waals surface area (Å²) < 4.78 is 30.5. The third-order valence-electron chi connectivity index (χ3n) is 5.06. The number of hydrogen-bond acceptors (Lipinski definition) is 7. The predicted octanol–water partition coefficient (Wildman–Crippen LogP) is 5.07. The van der Waals surface area contributed by atoms with Crippen LogP contribution in [0.2, 0.25) is 0 Å². The van der Waals surface area contributed by atoms with Crippen molar-refractivity contribution in [2.75, 3.05) is 0 Å². The summed E-state index contributed by atoms with van der Waals surface area (Å²) in [6.07, 6.45) is 0.890. The smallest absolute Gasteiger partial charge is 0.282 e. The van der Waals surface area contributed by atoms with Crippen molar-refractivity contribution < 1.29 is 23.6 Å². The van der Waals surface area contributed by atoms with Gasteiger partial charge in [-0.1, -0.05) is 29.8 Å². The number of nitrogens with zero attached hydrogens (tertiary/aromatic N) is 4. The maximum atomic E-state index is 12.8. The summed E-state index contributed by atoms with van der Waals surface area (Å²) in [5.74, 6) is -1.04. The number of fused-ring (bicyclic) bond motifs is 1. The fourth-order valence-electron chi connectivity index (χ4n) is 3.28. The normalized spacial score (nSPS) is 12.5.